The third-order valence-corrected chi connectivity index (χ3v) is 4.42. The molecule has 20 heavy (non-hydrogen) atoms. The Hall–Kier alpha value is -0.830. The summed E-state index contributed by atoms with van der Waals surface area (Å²) >= 11 is 6.14. The second-order valence-electron chi connectivity index (χ2n) is 5.95. The number of halogens is 1. The molecule has 1 unspecified atom stereocenters. The molecule has 0 saturated carbocycles. The van der Waals surface area contributed by atoms with E-state index in [2.05, 4.69) is 35.6 Å². The third kappa shape index (κ3) is 3.43. The highest BCUT2D eigenvalue weighted by Gasteiger charge is 2.23. The molecule has 1 saturated heterocycles. The second kappa shape index (κ2) is 7.26. The Kier molecular flexibility index (Phi) is 5.64. The Bertz CT molecular complexity index is 434. The smallest absolute Gasteiger partial charge is 0.131 e. The first-order chi connectivity index (χ1) is 9.67. The van der Waals surface area contributed by atoms with Crippen molar-refractivity contribution in [3.63, 3.8) is 0 Å². The lowest BCUT2D eigenvalue weighted by Gasteiger charge is -2.32. The molecule has 0 aliphatic carbocycles. The van der Waals surface area contributed by atoms with Gasteiger partial charge in [-0.3, -0.25) is 0 Å². The molecule has 1 aromatic heterocycles. The molecule has 112 valence electrons. The normalized spacial score (nSPS) is 20.2. The Morgan fingerprint density at radius 2 is 2.15 bits per heavy atom. The van der Waals surface area contributed by atoms with E-state index in [0.717, 1.165) is 23.8 Å². The van der Waals surface area contributed by atoms with Gasteiger partial charge in [0.05, 0.1) is 23.5 Å². The second-order valence-corrected chi connectivity index (χ2v) is 6.22. The molecule has 0 bridgehead atoms. The van der Waals surface area contributed by atoms with Crippen LogP contribution in [0, 0.1) is 0 Å². The summed E-state index contributed by atoms with van der Waals surface area (Å²) in [5.41, 5.74) is 2.14. The summed E-state index contributed by atoms with van der Waals surface area (Å²) in [4.78, 5) is 11.7. The summed E-state index contributed by atoms with van der Waals surface area (Å²) in [6.45, 7) is 7.61. The van der Waals surface area contributed by atoms with Gasteiger partial charge in [-0.05, 0) is 19.3 Å². The van der Waals surface area contributed by atoms with Crippen LogP contribution in [0.2, 0.25) is 0 Å². The predicted molar refractivity (Wildman–Crippen MR) is 85.6 cm³/mol. The molecular weight excluding hydrogens is 270 g/mol. The van der Waals surface area contributed by atoms with E-state index in [-0.39, 0.29) is 0 Å². The zero-order chi connectivity index (χ0) is 14.5. The topological polar surface area (TPSA) is 29.0 Å². The number of rotatable bonds is 4. The summed E-state index contributed by atoms with van der Waals surface area (Å²) in [7, 11) is 0. The van der Waals surface area contributed by atoms with Crippen LogP contribution in [0.1, 0.15) is 70.3 Å². The minimum atomic E-state index is 0.345. The predicted octanol–water partition coefficient (Wildman–Crippen LogP) is 4.50. The molecule has 0 spiro atoms. The third-order valence-electron chi connectivity index (χ3n) is 4.17. The lowest BCUT2D eigenvalue weighted by Crippen LogP contribution is -2.35. The molecule has 1 aliphatic rings. The molecule has 1 fully saturated rings. The van der Waals surface area contributed by atoms with Crippen LogP contribution >= 0.6 is 11.6 Å². The van der Waals surface area contributed by atoms with E-state index in [4.69, 9.17) is 11.6 Å². The van der Waals surface area contributed by atoms with Crippen LogP contribution in [-0.4, -0.2) is 22.6 Å². The summed E-state index contributed by atoms with van der Waals surface area (Å²) in [6.07, 6.45) is 8.35. The monoisotopic (exact) mass is 295 g/mol. The van der Waals surface area contributed by atoms with Crippen LogP contribution in [0.5, 0.6) is 0 Å². The van der Waals surface area contributed by atoms with Crippen LogP contribution in [-0.2, 0) is 5.88 Å². The molecule has 1 aromatic rings. The molecule has 0 amide bonds. The summed E-state index contributed by atoms with van der Waals surface area (Å²) in [6, 6.07) is 0.605. The number of hydrogen-bond acceptors (Lipinski definition) is 3. The fourth-order valence-corrected chi connectivity index (χ4v) is 3.16. The summed E-state index contributed by atoms with van der Waals surface area (Å²) in [5, 5.41) is 0. The maximum absolute atomic E-state index is 6.14. The van der Waals surface area contributed by atoms with Crippen LogP contribution in [0.25, 0.3) is 0 Å². The zero-order valence-corrected chi connectivity index (χ0v) is 13.7. The Morgan fingerprint density at radius 3 is 2.80 bits per heavy atom. The van der Waals surface area contributed by atoms with Gasteiger partial charge in [-0.15, -0.1) is 11.6 Å². The van der Waals surface area contributed by atoms with E-state index in [9.17, 15) is 0 Å². The molecule has 1 atom stereocenters. The molecule has 1 aliphatic heterocycles. The molecule has 2 heterocycles. The molecular formula is C16H26ClN3. The van der Waals surface area contributed by atoms with E-state index in [1.54, 1.807) is 0 Å². The van der Waals surface area contributed by atoms with E-state index in [1.165, 1.54) is 32.1 Å². The molecule has 0 aromatic carbocycles. The van der Waals surface area contributed by atoms with Gasteiger partial charge in [0, 0.05) is 18.5 Å². The van der Waals surface area contributed by atoms with E-state index >= 15 is 0 Å². The molecule has 0 radical (unpaired) electrons. The van der Waals surface area contributed by atoms with Gasteiger partial charge in [0.1, 0.15) is 5.82 Å². The fraction of sp³-hybridized carbons (Fsp3) is 0.750. The zero-order valence-electron chi connectivity index (χ0n) is 12.9. The van der Waals surface area contributed by atoms with Crippen molar-refractivity contribution in [1.29, 1.82) is 0 Å². The Labute approximate surface area is 127 Å². The molecule has 2 rings (SSSR count). The number of alkyl halides is 1. The molecule has 0 N–H and O–H groups in total. The van der Waals surface area contributed by atoms with Crippen LogP contribution in [0.3, 0.4) is 0 Å². The van der Waals surface area contributed by atoms with Crippen LogP contribution < -0.4 is 4.90 Å². The van der Waals surface area contributed by atoms with Crippen molar-refractivity contribution >= 4 is 17.3 Å². The maximum Gasteiger partial charge on any atom is 0.131 e. The molecule has 3 nitrogen and oxygen atoms in total. The van der Waals surface area contributed by atoms with Crippen molar-refractivity contribution in [3.8, 4) is 0 Å². The average Bonchev–Trinajstić information content (AvgIpc) is 2.71. The number of aromatic nitrogens is 2. The average molecular weight is 296 g/mol. The highest BCUT2D eigenvalue weighted by atomic mass is 35.5. The van der Waals surface area contributed by atoms with Gasteiger partial charge in [0.2, 0.25) is 0 Å². The number of anilines is 1. The van der Waals surface area contributed by atoms with Gasteiger partial charge in [0.15, 0.2) is 0 Å². The summed E-state index contributed by atoms with van der Waals surface area (Å²) in [5.74, 6) is 1.70. The Morgan fingerprint density at radius 1 is 1.35 bits per heavy atom. The van der Waals surface area contributed by atoms with Crippen molar-refractivity contribution in [2.45, 2.75) is 70.7 Å². The van der Waals surface area contributed by atoms with Crippen molar-refractivity contribution in [1.82, 2.24) is 9.97 Å². The van der Waals surface area contributed by atoms with Gasteiger partial charge < -0.3 is 4.90 Å². The first-order valence-corrected chi connectivity index (χ1v) is 8.39. The van der Waals surface area contributed by atoms with E-state index in [1.807, 2.05) is 6.20 Å². The summed E-state index contributed by atoms with van der Waals surface area (Å²) < 4.78 is 0. The standard InChI is InChI=1S/C16H26ClN3/c1-4-13-8-6-5-7-9-20(13)15-11-18-16(12(2)3)19-14(15)10-17/h11-13H,4-10H2,1-3H3. The van der Waals surface area contributed by atoms with Gasteiger partial charge in [-0.1, -0.05) is 33.6 Å². The lowest BCUT2D eigenvalue weighted by atomic mass is 10.1. The van der Waals surface area contributed by atoms with Gasteiger partial charge >= 0.3 is 0 Å². The van der Waals surface area contributed by atoms with Crippen molar-refractivity contribution in [2.24, 2.45) is 0 Å². The minimum Gasteiger partial charge on any atom is -0.366 e. The van der Waals surface area contributed by atoms with Crippen molar-refractivity contribution in [2.75, 3.05) is 11.4 Å². The first kappa shape index (κ1) is 15.6. The van der Waals surface area contributed by atoms with E-state index in [0.29, 0.717) is 17.8 Å². The number of nitrogens with zero attached hydrogens (tertiary/aromatic N) is 3. The van der Waals surface area contributed by atoms with Crippen LogP contribution in [0.15, 0.2) is 6.20 Å². The fourth-order valence-electron chi connectivity index (χ4n) is 2.96. The maximum atomic E-state index is 6.14. The van der Waals surface area contributed by atoms with Gasteiger partial charge in [-0.2, -0.15) is 0 Å². The first-order valence-electron chi connectivity index (χ1n) is 7.85. The van der Waals surface area contributed by atoms with E-state index < -0.39 is 0 Å². The van der Waals surface area contributed by atoms with Crippen molar-refractivity contribution in [3.05, 3.63) is 17.7 Å². The highest BCUT2D eigenvalue weighted by molar-refractivity contribution is 6.17. The minimum absolute atomic E-state index is 0.345. The largest absolute Gasteiger partial charge is 0.366 e. The molecule has 4 heteroatoms. The SMILES string of the molecule is CCC1CCCCCN1c1cnc(C(C)C)nc1CCl. The highest BCUT2D eigenvalue weighted by Crippen LogP contribution is 2.29. The van der Waals surface area contributed by atoms with Gasteiger partial charge in [0.25, 0.3) is 0 Å². The van der Waals surface area contributed by atoms with Gasteiger partial charge in [-0.25, -0.2) is 9.97 Å². The Balaban J connectivity index is 2.33. The number of hydrogen-bond donors (Lipinski definition) is 0. The quantitative estimate of drug-likeness (QED) is 0.766. The lowest BCUT2D eigenvalue weighted by molar-refractivity contribution is 0.553. The van der Waals surface area contributed by atoms with Crippen LogP contribution in [0.4, 0.5) is 5.69 Å². The van der Waals surface area contributed by atoms with Crippen molar-refractivity contribution < 1.29 is 0 Å².